The third kappa shape index (κ3) is 1.17. The van der Waals surface area contributed by atoms with Gasteiger partial charge >= 0.3 is 0 Å². The van der Waals surface area contributed by atoms with Crippen molar-refractivity contribution in [1.29, 1.82) is 0 Å². The monoisotopic (exact) mass is 134 g/mol. The Balaban J connectivity index is 2.34. The molecule has 0 N–H and O–H groups in total. The molecule has 1 saturated heterocycles. The molecule has 50 valence electrons. The molecule has 1 fully saturated rings. The van der Waals surface area contributed by atoms with Crippen molar-refractivity contribution in [3.8, 4) is 0 Å². The summed E-state index contributed by atoms with van der Waals surface area (Å²) in [7, 11) is -0.388. The summed E-state index contributed by atoms with van der Waals surface area (Å²) >= 11 is 0. The van der Waals surface area contributed by atoms with Crippen molar-refractivity contribution in [2.24, 2.45) is 0 Å². The van der Waals surface area contributed by atoms with Gasteiger partial charge in [-0.15, -0.1) is 0 Å². The van der Waals surface area contributed by atoms with E-state index in [2.05, 4.69) is 18.8 Å². The molecule has 1 nitrogen and oxygen atoms in total. The highest BCUT2D eigenvalue weighted by Gasteiger charge is 2.26. The van der Waals surface area contributed by atoms with Crippen molar-refractivity contribution in [3.63, 3.8) is 0 Å². The Bertz CT molecular complexity index is 81.0. The largest absolute Gasteiger partial charge is 0.369 e. The molecule has 8 heavy (non-hydrogen) atoms. The smallest absolute Gasteiger partial charge is 0.0893 e. The van der Waals surface area contributed by atoms with Gasteiger partial charge in [0.1, 0.15) is 0 Å². The fourth-order valence-corrected chi connectivity index (χ4v) is 2.08. The summed E-state index contributed by atoms with van der Waals surface area (Å²) in [5.41, 5.74) is 0.613. The van der Waals surface area contributed by atoms with Crippen molar-refractivity contribution < 1.29 is 4.74 Å². The zero-order valence-electron chi connectivity index (χ0n) is 5.81. The van der Waals surface area contributed by atoms with E-state index in [-0.39, 0.29) is 10.0 Å². The van der Waals surface area contributed by atoms with Gasteiger partial charge in [-0.1, -0.05) is 0 Å². The first-order chi connectivity index (χ1) is 3.61. The molecule has 0 amide bonds. The number of hydrogen-bond donors (Lipinski definition) is 0. The van der Waals surface area contributed by atoms with Crippen LogP contribution in [0.2, 0.25) is 0 Å². The predicted octanol–water partition coefficient (Wildman–Crippen LogP) is 1.43. The quantitative estimate of drug-likeness (QED) is 0.527. The van der Waals surface area contributed by atoms with Gasteiger partial charge in [-0.05, 0) is 18.8 Å². The Morgan fingerprint density at radius 2 is 1.88 bits per heavy atom. The number of ether oxygens (including phenoxy) is 1. The molecular formula is C6H14OS. The minimum absolute atomic E-state index is 0.388. The second-order valence-electron chi connectivity index (χ2n) is 3.02. The summed E-state index contributed by atoms with van der Waals surface area (Å²) in [6.45, 7) is 0.995. The summed E-state index contributed by atoms with van der Waals surface area (Å²) in [6, 6.07) is 0. The summed E-state index contributed by atoms with van der Waals surface area (Å²) in [4.78, 5) is 0. The van der Waals surface area contributed by atoms with Gasteiger partial charge in [-0.25, -0.2) is 10.0 Å². The van der Waals surface area contributed by atoms with Crippen LogP contribution in [0.3, 0.4) is 0 Å². The minimum Gasteiger partial charge on any atom is -0.369 e. The van der Waals surface area contributed by atoms with E-state index in [0.29, 0.717) is 5.44 Å². The second kappa shape index (κ2) is 1.92. The summed E-state index contributed by atoms with van der Waals surface area (Å²) in [5.74, 6) is 0. The van der Waals surface area contributed by atoms with Crippen LogP contribution in [0.4, 0.5) is 0 Å². The van der Waals surface area contributed by atoms with Crippen molar-refractivity contribution in [2.45, 2.75) is 11.9 Å². The van der Waals surface area contributed by atoms with Crippen molar-refractivity contribution in [3.05, 3.63) is 0 Å². The lowest BCUT2D eigenvalue weighted by molar-refractivity contribution is 0.00737. The van der Waals surface area contributed by atoms with E-state index < -0.39 is 0 Å². The van der Waals surface area contributed by atoms with Crippen LogP contribution in [-0.4, -0.2) is 30.8 Å². The molecule has 1 rings (SSSR count). The van der Waals surface area contributed by atoms with E-state index in [4.69, 9.17) is 4.74 Å². The normalized spacial score (nSPS) is 31.6. The molecule has 1 atom stereocenters. The van der Waals surface area contributed by atoms with Crippen LogP contribution in [0.25, 0.3) is 0 Å². The second-order valence-corrected chi connectivity index (χ2v) is 7.41. The Labute approximate surface area is 52.7 Å². The molecule has 0 radical (unpaired) electrons. The molecule has 0 aliphatic carbocycles. The van der Waals surface area contributed by atoms with Crippen LogP contribution in [0.5, 0.6) is 0 Å². The molecule has 0 spiro atoms. The molecule has 0 aromatic rings. The van der Waals surface area contributed by atoms with Gasteiger partial charge in [0, 0.05) is 6.42 Å². The molecule has 0 aromatic heterocycles. The summed E-state index contributed by atoms with van der Waals surface area (Å²) < 4.78 is 5.33. The number of hydrogen-bond acceptors (Lipinski definition) is 1. The lowest BCUT2D eigenvalue weighted by atomic mass is 10.4. The standard InChI is InChI=1S/C6H14OS/c1-8(2,3)6-4-5-7-6/h6H,4-5H2,1-3H3. The topological polar surface area (TPSA) is 9.23 Å². The SMILES string of the molecule is CS(C)(C)C1CCO1. The highest BCUT2D eigenvalue weighted by atomic mass is 32.3. The van der Waals surface area contributed by atoms with Gasteiger partial charge in [0.15, 0.2) is 0 Å². The molecule has 2 heteroatoms. The van der Waals surface area contributed by atoms with E-state index in [1.54, 1.807) is 0 Å². The highest BCUT2D eigenvalue weighted by molar-refractivity contribution is 8.32. The van der Waals surface area contributed by atoms with Gasteiger partial charge in [0.2, 0.25) is 0 Å². The van der Waals surface area contributed by atoms with Gasteiger partial charge in [0.05, 0.1) is 12.0 Å². The average molecular weight is 134 g/mol. The Morgan fingerprint density at radius 3 is 1.88 bits per heavy atom. The van der Waals surface area contributed by atoms with Crippen molar-refractivity contribution in [1.82, 2.24) is 0 Å². The van der Waals surface area contributed by atoms with Crippen LogP contribution in [0.1, 0.15) is 6.42 Å². The molecule has 1 aliphatic heterocycles. The molecule has 0 aromatic carbocycles. The zero-order chi connectivity index (χ0) is 6.20. The van der Waals surface area contributed by atoms with E-state index in [9.17, 15) is 0 Å². The fraction of sp³-hybridized carbons (Fsp3) is 1.00. The van der Waals surface area contributed by atoms with Crippen LogP contribution < -0.4 is 0 Å². The maximum atomic E-state index is 5.33. The van der Waals surface area contributed by atoms with Crippen LogP contribution in [-0.2, 0) is 4.74 Å². The molecule has 1 unspecified atom stereocenters. The van der Waals surface area contributed by atoms with Gasteiger partial charge in [-0.3, -0.25) is 0 Å². The Kier molecular flexibility index (Phi) is 1.54. The van der Waals surface area contributed by atoms with Gasteiger partial charge in [-0.2, -0.15) is 0 Å². The van der Waals surface area contributed by atoms with E-state index in [1.807, 2.05) is 0 Å². The lowest BCUT2D eigenvalue weighted by Crippen LogP contribution is -2.30. The first kappa shape index (κ1) is 6.43. The maximum Gasteiger partial charge on any atom is 0.0893 e. The summed E-state index contributed by atoms with van der Waals surface area (Å²) in [5, 5.41) is 0. The molecular weight excluding hydrogens is 120 g/mol. The van der Waals surface area contributed by atoms with Gasteiger partial charge in [0.25, 0.3) is 0 Å². The first-order valence-corrected chi connectivity index (χ1v) is 5.81. The van der Waals surface area contributed by atoms with Crippen molar-refractivity contribution in [2.75, 3.05) is 25.4 Å². The fourth-order valence-electron chi connectivity index (χ4n) is 0.772. The van der Waals surface area contributed by atoms with Crippen LogP contribution in [0, 0.1) is 0 Å². The van der Waals surface area contributed by atoms with Crippen LogP contribution in [0.15, 0.2) is 0 Å². The van der Waals surface area contributed by atoms with E-state index >= 15 is 0 Å². The molecule has 1 aliphatic rings. The average Bonchev–Trinajstić information content (AvgIpc) is 1.16. The Hall–Kier alpha value is 0.310. The molecule has 0 saturated carbocycles. The lowest BCUT2D eigenvalue weighted by Gasteiger charge is -2.41. The highest BCUT2D eigenvalue weighted by Crippen LogP contribution is 2.46. The van der Waals surface area contributed by atoms with E-state index in [0.717, 1.165) is 6.61 Å². The Morgan fingerprint density at radius 1 is 1.38 bits per heavy atom. The first-order valence-electron chi connectivity index (χ1n) is 2.89. The summed E-state index contributed by atoms with van der Waals surface area (Å²) in [6.07, 6.45) is 8.20. The van der Waals surface area contributed by atoms with E-state index in [1.165, 1.54) is 6.42 Å². The third-order valence-electron chi connectivity index (χ3n) is 1.45. The third-order valence-corrected chi connectivity index (χ3v) is 3.40. The predicted molar refractivity (Wildman–Crippen MR) is 39.7 cm³/mol. The van der Waals surface area contributed by atoms with Gasteiger partial charge < -0.3 is 4.74 Å². The molecule has 0 bridgehead atoms. The maximum absolute atomic E-state index is 5.33. The molecule has 1 heterocycles. The minimum atomic E-state index is -0.388. The van der Waals surface area contributed by atoms with Crippen LogP contribution >= 0.6 is 10.0 Å². The number of rotatable bonds is 1. The van der Waals surface area contributed by atoms with Crippen molar-refractivity contribution >= 4 is 10.0 Å². The zero-order valence-corrected chi connectivity index (χ0v) is 6.62.